The normalized spacial score (nSPS) is 21.5. The predicted octanol–water partition coefficient (Wildman–Crippen LogP) is 2.81. The summed E-state index contributed by atoms with van der Waals surface area (Å²) in [5, 5.41) is 18.1. The number of amides is 1. The summed E-state index contributed by atoms with van der Waals surface area (Å²) in [6, 6.07) is 7.99. The van der Waals surface area contributed by atoms with Crippen molar-refractivity contribution >= 4 is 28.6 Å². The number of hydrogen-bond donors (Lipinski definition) is 3. The zero-order valence-electron chi connectivity index (χ0n) is 19.4. The van der Waals surface area contributed by atoms with E-state index < -0.39 is 5.97 Å². The molecule has 33 heavy (non-hydrogen) atoms. The van der Waals surface area contributed by atoms with Crippen molar-refractivity contribution in [2.24, 2.45) is 5.73 Å². The van der Waals surface area contributed by atoms with Gasteiger partial charge in [0.2, 0.25) is 5.91 Å². The maximum absolute atomic E-state index is 13.4. The van der Waals surface area contributed by atoms with Crippen LogP contribution in [0.5, 0.6) is 0 Å². The van der Waals surface area contributed by atoms with Crippen molar-refractivity contribution in [3.63, 3.8) is 0 Å². The molecular weight excluding hydrogens is 418 g/mol. The van der Waals surface area contributed by atoms with Crippen LogP contribution in [0.4, 0.5) is 0 Å². The van der Waals surface area contributed by atoms with Gasteiger partial charge in [0.1, 0.15) is 5.84 Å². The second-order valence-corrected chi connectivity index (χ2v) is 9.31. The lowest BCUT2D eigenvalue weighted by molar-refractivity contribution is -0.144. The van der Waals surface area contributed by atoms with Gasteiger partial charge in [-0.05, 0) is 69.5 Å². The number of nitrogens with two attached hydrogens (primary N) is 1. The van der Waals surface area contributed by atoms with Crippen molar-refractivity contribution in [1.82, 2.24) is 14.4 Å². The van der Waals surface area contributed by atoms with Gasteiger partial charge in [0.25, 0.3) is 0 Å². The number of carbonyl (C=O) groups is 2. The maximum Gasteiger partial charge on any atom is 0.317 e. The number of carbonyl (C=O) groups excluding carboxylic acids is 1. The number of amidine groups is 1. The van der Waals surface area contributed by atoms with Crippen molar-refractivity contribution in [3.8, 4) is 0 Å². The zero-order valence-corrected chi connectivity index (χ0v) is 19.4. The molecule has 2 atom stereocenters. The first-order valence-electron chi connectivity index (χ1n) is 12.1. The van der Waals surface area contributed by atoms with Crippen LogP contribution in [0.3, 0.4) is 0 Å². The third-order valence-corrected chi connectivity index (χ3v) is 7.25. The van der Waals surface area contributed by atoms with E-state index in [1.807, 2.05) is 28.0 Å². The van der Waals surface area contributed by atoms with Crippen molar-refractivity contribution in [2.75, 3.05) is 19.6 Å². The predicted molar refractivity (Wildman–Crippen MR) is 129 cm³/mol. The van der Waals surface area contributed by atoms with Crippen LogP contribution in [0, 0.1) is 5.41 Å². The molecule has 8 nitrogen and oxygen atoms in total. The SMILES string of the molecule is CCn1c(CC[C@@H]2CCCN2C(=O)C2CCCCN2CC(=O)O)cc2ccc(C(=N)N)cc21. The summed E-state index contributed by atoms with van der Waals surface area (Å²) in [7, 11) is 0. The molecule has 1 amide bonds. The fourth-order valence-electron chi connectivity index (χ4n) is 5.63. The highest BCUT2D eigenvalue weighted by Crippen LogP contribution is 2.28. The number of nitrogen functional groups attached to an aromatic ring is 1. The Labute approximate surface area is 194 Å². The topological polar surface area (TPSA) is 116 Å². The molecule has 1 aromatic carbocycles. The van der Waals surface area contributed by atoms with Gasteiger partial charge in [0.05, 0.1) is 12.6 Å². The standard InChI is InChI=1S/C25H35N5O3/c1-2-29-20(14-17-8-9-18(24(26)27)15-22(17)29)11-10-19-6-5-13-30(19)25(33)21-7-3-4-12-28(21)16-23(31)32/h8-9,14-15,19,21H,2-7,10-13,16H2,1H3,(H3,26,27)(H,31,32)/t19-,21?/m0/s1. The molecule has 0 bridgehead atoms. The number of fused-ring (bicyclic) bond motifs is 1. The van der Waals surface area contributed by atoms with Crippen LogP contribution in [0.25, 0.3) is 10.9 Å². The lowest BCUT2D eigenvalue weighted by Gasteiger charge is -2.37. The quantitative estimate of drug-likeness (QED) is 0.420. The molecule has 1 unspecified atom stereocenters. The minimum absolute atomic E-state index is 0.0617. The van der Waals surface area contributed by atoms with Gasteiger partial charge < -0.3 is 20.3 Å². The molecule has 2 aromatic rings. The number of benzene rings is 1. The van der Waals surface area contributed by atoms with Gasteiger partial charge in [-0.25, -0.2) is 0 Å². The van der Waals surface area contributed by atoms with Crippen LogP contribution in [0.1, 0.15) is 56.7 Å². The van der Waals surface area contributed by atoms with Gasteiger partial charge >= 0.3 is 5.97 Å². The highest BCUT2D eigenvalue weighted by molar-refractivity contribution is 5.98. The van der Waals surface area contributed by atoms with Gasteiger partial charge in [0, 0.05) is 35.9 Å². The van der Waals surface area contributed by atoms with Gasteiger partial charge in [-0.1, -0.05) is 18.6 Å². The summed E-state index contributed by atoms with van der Waals surface area (Å²) in [4.78, 5) is 28.6. The zero-order chi connectivity index (χ0) is 23.5. The van der Waals surface area contributed by atoms with Crippen LogP contribution in [0.15, 0.2) is 24.3 Å². The van der Waals surface area contributed by atoms with E-state index in [2.05, 4.69) is 17.6 Å². The number of aliphatic carboxylic acids is 1. The van der Waals surface area contributed by atoms with E-state index in [1.165, 1.54) is 5.69 Å². The largest absolute Gasteiger partial charge is 0.480 e. The molecule has 2 saturated heterocycles. The number of carboxylic acids is 1. The minimum atomic E-state index is -0.868. The van der Waals surface area contributed by atoms with Crippen LogP contribution < -0.4 is 5.73 Å². The van der Waals surface area contributed by atoms with Crippen LogP contribution in [-0.4, -0.2) is 68.9 Å². The molecule has 4 N–H and O–H groups in total. The fraction of sp³-hybridized carbons (Fsp3) is 0.560. The number of likely N-dealkylation sites (tertiary alicyclic amines) is 2. The van der Waals surface area contributed by atoms with Crippen molar-refractivity contribution in [2.45, 2.75) is 70.5 Å². The van der Waals surface area contributed by atoms with Gasteiger partial charge in [-0.2, -0.15) is 0 Å². The monoisotopic (exact) mass is 453 g/mol. The second kappa shape index (κ2) is 9.95. The summed E-state index contributed by atoms with van der Waals surface area (Å²) < 4.78 is 2.28. The Kier molecular flexibility index (Phi) is 7.02. The Morgan fingerprint density at radius 1 is 1.15 bits per heavy atom. The highest BCUT2D eigenvalue weighted by Gasteiger charge is 2.37. The minimum Gasteiger partial charge on any atom is -0.480 e. The van der Waals surface area contributed by atoms with E-state index in [1.54, 1.807) is 0 Å². The lowest BCUT2D eigenvalue weighted by Crippen LogP contribution is -2.53. The van der Waals surface area contributed by atoms with Gasteiger partial charge in [-0.3, -0.25) is 19.9 Å². The molecule has 0 aliphatic carbocycles. The summed E-state index contributed by atoms with van der Waals surface area (Å²) in [5.74, 6) is -0.685. The maximum atomic E-state index is 13.4. The molecule has 8 heteroatoms. The first kappa shape index (κ1) is 23.3. The summed E-state index contributed by atoms with van der Waals surface area (Å²) in [6.07, 6.45) is 6.44. The molecule has 178 valence electrons. The van der Waals surface area contributed by atoms with Gasteiger partial charge in [0.15, 0.2) is 0 Å². The van der Waals surface area contributed by atoms with Crippen molar-refractivity contribution in [1.29, 1.82) is 5.41 Å². The smallest absolute Gasteiger partial charge is 0.317 e. The van der Waals surface area contributed by atoms with Crippen molar-refractivity contribution in [3.05, 3.63) is 35.5 Å². The van der Waals surface area contributed by atoms with Crippen LogP contribution in [0.2, 0.25) is 0 Å². The first-order valence-corrected chi connectivity index (χ1v) is 12.1. The molecule has 3 heterocycles. The highest BCUT2D eigenvalue weighted by atomic mass is 16.4. The molecule has 1 aromatic heterocycles. The number of rotatable bonds is 8. The Bertz CT molecular complexity index is 1050. The number of aromatic nitrogens is 1. The van der Waals surface area contributed by atoms with E-state index in [0.717, 1.165) is 74.5 Å². The summed E-state index contributed by atoms with van der Waals surface area (Å²) in [5.41, 5.74) is 8.74. The van der Waals surface area contributed by atoms with E-state index >= 15 is 0 Å². The molecule has 2 aliphatic heterocycles. The number of nitrogens with one attached hydrogen (secondary N) is 1. The van der Waals surface area contributed by atoms with E-state index in [4.69, 9.17) is 11.1 Å². The van der Waals surface area contributed by atoms with Crippen LogP contribution >= 0.6 is 0 Å². The third-order valence-electron chi connectivity index (χ3n) is 7.25. The first-order chi connectivity index (χ1) is 15.9. The lowest BCUT2D eigenvalue weighted by atomic mass is 9.99. The molecule has 0 radical (unpaired) electrons. The molecule has 2 fully saturated rings. The number of piperidine rings is 1. The van der Waals surface area contributed by atoms with E-state index in [-0.39, 0.29) is 30.4 Å². The Hall–Kier alpha value is -2.87. The second-order valence-electron chi connectivity index (χ2n) is 9.31. The average Bonchev–Trinajstić information content (AvgIpc) is 3.40. The van der Waals surface area contributed by atoms with E-state index in [9.17, 15) is 14.7 Å². The summed E-state index contributed by atoms with van der Waals surface area (Å²) in [6.45, 7) is 4.34. The third kappa shape index (κ3) is 4.90. The Morgan fingerprint density at radius 3 is 2.70 bits per heavy atom. The Balaban J connectivity index is 1.48. The number of hydrogen-bond acceptors (Lipinski definition) is 4. The number of carboxylic acid groups (broad SMARTS) is 1. The number of aryl methyl sites for hydroxylation is 2. The fourth-order valence-corrected chi connectivity index (χ4v) is 5.63. The van der Waals surface area contributed by atoms with E-state index in [0.29, 0.717) is 6.54 Å². The molecule has 2 aliphatic rings. The van der Waals surface area contributed by atoms with Gasteiger partial charge in [-0.15, -0.1) is 0 Å². The summed E-state index contributed by atoms with van der Waals surface area (Å²) >= 11 is 0. The molecular formula is C25H35N5O3. The molecule has 4 rings (SSSR count). The molecule has 0 spiro atoms. The Morgan fingerprint density at radius 2 is 1.97 bits per heavy atom. The average molecular weight is 454 g/mol. The van der Waals surface area contributed by atoms with Crippen molar-refractivity contribution < 1.29 is 14.7 Å². The van der Waals surface area contributed by atoms with Crippen LogP contribution in [-0.2, 0) is 22.6 Å². The number of nitrogens with zero attached hydrogens (tertiary/aromatic N) is 3. The molecule has 0 saturated carbocycles.